The minimum atomic E-state index is -0.161. The van der Waals surface area contributed by atoms with Crippen LogP contribution < -0.4 is 21.7 Å². The third-order valence-electron chi connectivity index (χ3n) is 9.48. The maximum absolute atomic E-state index is 12.4. The summed E-state index contributed by atoms with van der Waals surface area (Å²) >= 11 is 0. The Morgan fingerprint density at radius 3 is 1.60 bits per heavy atom. The van der Waals surface area contributed by atoms with Gasteiger partial charge in [0.25, 0.3) is 5.91 Å². The lowest BCUT2D eigenvalue weighted by Gasteiger charge is -2.15. The highest BCUT2D eigenvalue weighted by Crippen LogP contribution is 2.24. The summed E-state index contributed by atoms with van der Waals surface area (Å²) in [5, 5.41) is 9.71. The number of imidazole rings is 2. The number of rotatable bonds is 10. The number of nitrogen functional groups attached to an aromatic ring is 1. The van der Waals surface area contributed by atoms with Gasteiger partial charge in [0.15, 0.2) is 11.6 Å². The third kappa shape index (κ3) is 8.48. The van der Waals surface area contributed by atoms with Gasteiger partial charge >= 0.3 is 0 Å². The van der Waals surface area contributed by atoms with Crippen LogP contribution in [-0.4, -0.2) is 44.9 Å². The second-order valence-corrected chi connectivity index (χ2v) is 13.6. The average molecular weight is 765 g/mol. The van der Waals surface area contributed by atoms with Gasteiger partial charge < -0.3 is 21.7 Å². The van der Waals surface area contributed by atoms with E-state index in [9.17, 15) is 4.79 Å². The fourth-order valence-corrected chi connectivity index (χ4v) is 6.45. The summed E-state index contributed by atoms with van der Waals surface area (Å²) in [5.74, 6) is 2.59. The highest BCUT2D eigenvalue weighted by atomic mass is 16.1. The molecule has 1 amide bonds. The Morgan fingerprint density at radius 1 is 0.586 bits per heavy atom. The summed E-state index contributed by atoms with van der Waals surface area (Å²) in [5.41, 5.74) is 13.5. The minimum Gasteiger partial charge on any atom is -0.399 e. The van der Waals surface area contributed by atoms with Crippen LogP contribution in [0.1, 0.15) is 47.4 Å². The van der Waals surface area contributed by atoms with Gasteiger partial charge in [0.05, 0.1) is 46.9 Å². The third-order valence-corrected chi connectivity index (χ3v) is 9.48. The Morgan fingerprint density at radius 2 is 1.07 bits per heavy atom. The number of hydrogen-bond acceptors (Lipinski definition) is 10. The van der Waals surface area contributed by atoms with Crippen LogP contribution in [0.5, 0.6) is 0 Å². The average Bonchev–Trinajstić information content (AvgIpc) is 3.89. The van der Waals surface area contributed by atoms with E-state index in [1.807, 2.05) is 100 Å². The first kappa shape index (κ1) is 37.0. The summed E-state index contributed by atoms with van der Waals surface area (Å²) in [7, 11) is 0. The first-order valence-electron chi connectivity index (χ1n) is 18.7. The minimum absolute atomic E-state index is 0.0889. The Bertz CT molecular complexity index is 2790. The van der Waals surface area contributed by atoms with Gasteiger partial charge in [0, 0.05) is 29.0 Å². The zero-order valence-electron chi connectivity index (χ0n) is 31.8. The molecule has 13 nitrogen and oxygen atoms in total. The lowest BCUT2D eigenvalue weighted by molar-refractivity contribution is 0.102. The molecule has 0 aliphatic carbocycles. The lowest BCUT2D eigenvalue weighted by atomic mass is 10.1. The highest BCUT2D eigenvalue weighted by molar-refractivity contribution is 6.05. The Kier molecular flexibility index (Phi) is 10.7. The Hall–Kier alpha value is -7.93. The molecule has 0 aliphatic rings. The van der Waals surface area contributed by atoms with E-state index in [1.54, 1.807) is 49.6 Å². The van der Waals surface area contributed by atoms with Crippen molar-refractivity contribution in [3.63, 3.8) is 0 Å². The van der Waals surface area contributed by atoms with Crippen molar-refractivity contribution in [2.75, 3.05) is 21.7 Å². The van der Waals surface area contributed by atoms with E-state index in [1.165, 1.54) is 11.1 Å². The first-order chi connectivity index (χ1) is 28.4. The molecule has 0 fully saturated rings. The van der Waals surface area contributed by atoms with Crippen molar-refractivity contribution in [2.45, 2.75) is 25.9 Å². The summed E-state index contributed by atoms with van der Waals surface area (Å²) in [6.45, 7) is 4.18. The van der Waals surface area contributed by atoms with Gasteiger partial charge in [0.1, 0.15) is 24.3 Å². The Labute approximate surface area is 334 Å². The fourth-order valence-electron chi connectivity index (χ4n) is 6.45. The molecule has 286 valence electrons. The standard InChI is InChI=1S/C26H22N6O.C19H18N6/c1-18(19-8-4-2-5-9-19)29-24-15-27-16-25(31-24)32-17-28-22-14-21(12-13-23(22)32)30-26(33)20-10-6-3-7-11-20;1-13(14-5-3-2-4-6-14)23-18-10-21-11-19(24-18)25-12-22-16-9-15(20)7-8-17(16)25/h2-18H,1H3,(H,29,31)(H,30,33);2-13H,20H2,1H3,(H,23,24)/t18-;13-/m00/s1. The van der Waals surface area contributed by atoms with Crippen molar-refractivity contribution in [1.29, 1.82) is 0 Å². The number of anilines is 4. The van der Waals surface area contributed by atoms with Crippen molar-refractivity contribution >= 4 is 51.0 Å². The molecule has 0 radical (unpaired) electrons. The van der Waals surface area contributed by atoms with Gasteiger partial charge in [0.2, 0.25) is 0 Å². The van der Waals surface area contributed by atoms with E-state index in [0.29, 0.717) is 40.2 Å². The van der Waals surface area contributed by atoms with Crippen molar-refractivity contribution in [3.8, 4) is 11.6 Å². The van der Waals surface area contributed by atoms with Gasteiger partial charge in [-0.3, -0.25) is 23.9 Å². The van der Waals surface area contributed by atoms with Gasteiger partial charge in [-0.15, -0.1) is 0 Å². The molecule has 5 aromatic carbocycles. The predicted molar refractivity (Wildman–Crippen MR) is 229 cm³/mol. The molecule has 4 heterocycles. The van der Waals surface area contributed by atoms with E-state index >= 15 is 0 Å². The van der Waals surface area contributed by atoms with Crippen molar-refractivity contribution in [1.82, 2.24) is 39.0 Å². The molecule has 4 aromatic heterocycles. The molecule has 13 heteroatoms. The van der Waals surface area contributed by atoms with Crippen molar-refractivity contribution in [2.24, 2.45) is 0 Å². The molecule has 0 unspecified atom stereocenters. The zero-order valence-corrected chi connectivity index (χ0v) is 31.8. The van der Waals surface area contributed by atoms with Gasteiger partial charge in [-0.2, -0.15) is 0 Å². The molecule has 0 bridgehead atoms. The van der Waals surface area contributed by atoms with Crippen LogP contribution in [0.15, 0.2) is 165 Å². The second kappa shape index (κ2) is 16.8. The number of aromatic nitrogens is 8. The summed E-state index contributed by atoms with van der Waals surface area (Å²) in [6, 6.07) is 41.0. The molecule has 9 rings (SSSR count). The highest BCUT2D eigenvalue weighted by Gasteiger charge is 2.13. The number of hydrogen-bond donors (Lipinski definition) is 4. The van der Waals surface area contributed by atoms with Crippen molar-refractivity contribution < 1.29 is 4.79 Å². The second-order valence-electron chi connectivity index (χ2n) is 13.6. The molecular formula is C45H40N12O. The van der Waals surface area contributed by atoms with Gasteiger partial charge in [-0.25, -0.2) is 19.9 Å². The molecule has 0 aliphatic heterocycles. The molecule has 58 heavy (non-hydrogen) atoms. The van der Waals surface area contributed by atoms with E-state index < -0.39 is 0 Å². The van der Waals surface area contributed by atoms with Crippen LogP contribution in [0.3, 0.4) is 0 Å². The van der Waals surface area contributed by atoms with E-state index in [4.69, 9.17) is 10.7 Å². The number of nitrogens with one attached hydrogen (secondary N) is 3. The quantitative estimate of drug-likeness (QED) is 0.0989. The zero-order chi connectivity index (χ0) is 39.8. The molecule has 5 N–H and O–H groups in total. The summed E-state index contributed by atoms with van der Waals surface area (Å²) in [6.07, 6.45) is 10.3. The summed E-state index contributed by atoms with van der Waals surface area (Å²) in [4.78, 5) is 39.4. The number of benzene rings is 5. The number of nitrogens with two attached hydrogens (primary N) is 1. The number of fused-ring (bicyclic) bond motifs is 2. The van der Waals surface area contributed by atoms with Gasteiger partial charge in [-0.1, -0.05) is 78.9 Å². The smallest absolute Gasteiger partial charge is 0.255 e. The van der Waals surface area contributed by atoms with E-state index in [-0.39, 0.29) is 18.0 Å². The monoisotopic (exact) mass is 764 g/mol. The number of nitrogens with zero attached hydrogens (tertiary/aromatic N) is 8. The van der Waals surface area contributed by atoms with Crippen LogP contribution in [0.4, 0.5) is 23.0 Å². The van der Waals surface area contributed by atoms with Crippen LogP contribution in [0.2, 0.25) is 0 Å². The van der Waals surface area contributed by atoms with E-state index in [2.05, 4.69) is 79.0 Å². The van der Waals surface area contributed by atoms with E-state index in [0.717, 1.165) is 22.1 Å². The molecule has 9 aromatic rings. The van der Waals surface area contributed by atoms with Crippen molar-refractivity contribution in [3.05, 3.63) is 182 Å². The van der Waals surface area contributed by atoms with Gasteiger partial charge in [-0.05, 0) is 73.5 Å². The normalized spacial score (nSPS) is 12.0. The first-order valence-corrected chi connectivity index (χ1v) is 18.7. The maximum atomic E-state index is 12.4. The summed E-state index contributed by atoms with van der Waals surface area (Å²) < 4.78 is 3.78. The van der Waals surface area contributed by atoms with Crippen LogP contribution in [0, 0.1) is 0 Å². The maximum Gasteiger partial charge on any atom is 0.255 e. The lowest BCUT2D eigenvalue weighted by Crippen LogP contribution is -2.11. The van der Waals surface area contributed by atoms with Crippen LogP contribution >= 0.6 is 0 Å². The molecule has 0 spiro atoms. The SMILES string of the molecule is C[C@H](Nc1cncc(-n2cnc3cc(N)ccc32)n1)c1ccccc1.C[C@H](Nc1cncc(-n2cnc3cc(NC(=O)c4ccccc4)ccc32)n1)c1ccccc1. The van der Waals surface area contributed by atoms with Crippen LogP contribution in [0.25, 0.3) is 33.7 Å². The molecular weight excluding hydrogens is 725 g/mol. The largest absolute Gasteiger partial charge is 0.399 e. The molecule has 0 saturated heterocycles. The number of carbonyl (C=O) groups is 1. The number of amides is 1. The molecule has 0 saturated carbocycles. The fraction of sp³-hybridized carbons (Fsp3) is 0.0889. The van der Waals surface area contributed by atoms with Crippen LogP contribution in [-0.2, 0) is 0 Å². The molecule has 2 atom stereocenters. The Balaban J connectivity index is 0.000000168. The predicted octanol–water partition coefficient (Wildman–Crippen LogP) is 8.81. The number of carbonyl (C=O) groups excluding carboxylic acids is 1. The topological polar surface area (TPSA) is 166 Å².